The number of hydrogen-bond acceptors (Lipinski definition) is 5. The minimum absolute atomic E-state index is 0.139. The molecule has 0 aromatic heterocycles. The van der Waals surface area contributed by atoms with Crippen LogP contribution in [0.2, 0.25) is 0 Å². The van der Waals surface area contributed by atoms with Gasteiger partial charge >= 0.3 is 5.97 Å². The third-order valence-corrected chi connectivity index (χ3v) is 0.612. The molecule has 2 N–H and O–H groups in total. The lowest BCUT2D eigenvalue weighted by atomic mass is 10.5. The van der Waals surface area contributed by atoms with Crippen LogP contribution in [0.3, 0.4) is 0 Å². The summed E-state index contributed by atoms with van der Waals surface area (Å²) in [5.74, 6) is -0.211. The minimum Gasteiger partial charge on any atom is -0.466 e. The van der Waals surface area contributed by atoms with Crippen LogP contribution >= 0.6 is 0 Å². The Morgan fingerprint density at radius 2 is 1.71 bits per heavy atom. The highest BCUT2D eigenvalue weighted by atomic mass is 16.5. The number of ether oxygens (including phenoxy) is 2. The molecule has 0 aromatic carbocycles. The predicted octanol–water partition coefficient (Wildman–Crippen LogP) is 0.191. The maximum Gasteiger partial charge on any atom is 0.302 e. The molecule has 0 heterocycles. The first kappa shape index (κ1) is 19.0. The van der Waals surface area contributed by atoms with Gasteiger partial charge in [0.15, 0.2) is 0 Å². The first-order chi connectivity index (χ1) is 6.45. The Kier molecular flexibility index (Phi) is 24.7. The summed E-state index contributed by atoms with van der Waals surface area (Å²) in [4.78, 5) is 9.82. The van der Waals surface area contributed by atoms with E-state index in [0.717, 1.165) is 0 Å². The van der Waals surface area contributed by atoms with Crippen molar-refractivity contribution >= 4 is 5.97 Å². The van der Waals surface area contributed by atoms with Crippen molar-refractivity contribution in [3.8, 4) is 0 Å². The Hall–Kier alpha value is -0.650. The molecule has 0 aliphatic rings. The van der Waals surface area contributed by atoms with Gasteiger partial charge in [-0.15, -0.1) is 0 Å². The normalized spacial score (nSPS) is 9.93. The van der Waals surface area contributed by atoms with Crippen molar-refractivity contribution < 1.29 is 24.5 Å². The summed E-state index contributed by atoms with van der Waals surface area (Å²) in [6, 6.07) is 0. The number of esters is 1. The predicted molar refractivity (Wildman–Crippen MR) is 54.0 cm³/mol. The van der Waals surface area contributed by atoms with Crippen molar-refractivity contribution in [2.24, 2.45) is 0 Å². The number of hydrogen-bond donors (Lipinski definition) is 2. The lowest BCUT2D eigenvalue weighted by Gasteiger charge is -1.90. The molecule has 5 nitrogen and oxygen atoms in total. The van der Waals surface area contributed by atoms with Gasteiger partial charge in [-0.25, -0.2) is 0 Å². The SMILES string of the molecule is CC(O)CO.CCOC(C)=O.COC. The second kappa shape index (κ2) is 18.2. The molecule has 0 amide bonds. The average Bonchev–Trinajstić information content (AvgIpc) is 2.06. The average molecular weight is 210 g/mol. The van der Waals surface area contributed by atoms with Crippen molar-refractivity contribution in [2.75, 3.05) is 27.4 Å². The fraction of sp³-hybridized carbons (Fsp3) is 0.889. The fourth-order valence-corrected chi connectivity index (χ4v) is 0.203. The number of rotatable bonds is 2. The van der Waals surface area contributed by atoms with Gasteiger partial charge in [0.2, 0.25) is 0 Å². The van der Waals surface area contributed by atoms with Crippen LogP contribution in [0.15, 0.2) is 0 Å². The number of carbonyl (C=O) groups is 1. The van der Waals surface area contributed by atoms with E-state index in [9.17, 15) is 4.79 Å². The molecular weight excluding hydrogens is 188 g/mol. The first-order valence-electron chi connectivity index (χ1n) is 4.28. The van der Waals surface area contributed by atoms with Crippen molar-refractivity contribution in [3.05, 3.63) is 0 Å². The quantitative estimate of drug-likeness (QED) is 0.636. The Bertz CT molecular complexity index is 103. The smallest absolute Gasteiger partial charge is 0.302 e. The molecule has 0 aromatic rings. The van der Waals surface area contributed by atoms with E-state index in [2.05, 4.69) is 9.47 Å². The van der Waals surface area contributed by atoms with Gasteiger partial charge in [-0.2, -0.15) is 0 Å². The molecule has 0 saturated heterocycles. The number of carbonyl (C=O) groups excluding carboxylic acids is 1. The molecule has 1 unspecified atom stereocenters. The summed E-state index contributed by atoms with van der Waals surface area (Å²) in [5, 5.41) is 16.0. The van der Waals surface area contributed by atoms with Crippen LogP contribution in [-0.4, -0.2) is 49.7 Å². The summed E-state index contributed by atoms with van der Waals surface area (Å²) >= 11 is 0. The fourth-order valence-electron chi connectivity index (χ4n) is 0.203. The molecule has 5 heteroatoms. The summed E-state index contributed by atoms with van der Waals surface area (Å²) < 4.78 is 8.65. The molecule has 0 spiro atoms. The van der Waals surface area contributed by atoms with E-state index in [1.807, 2.05) is 0 Å². The van der Waals surface area contributed by atoms with E-state index in [0.29, 0.717) is 6.61 Å². The molecule has 88 valence electrons. The van der Waals surface area contributed by atoms with E-state index < -0.39 is 6.10 Å². The van der Waals surface area contributed by atoms with Gasteiger partial charge in [-0.1, -0.05) is 0 Å². The molecule has 14 heavy (non-hydrogen) atoms. The van der Waals surface area contributed by atoms with Crippen molar-refractivity contribution in [1.82, 2.24) is 0 Å². The maximum absolute atomic E-state index is 9.82. The molecule has 0 radical (unpaired) electrons. The topological polar surface area (TPSA) is 76.0 Å². The zero-order chi connectivity index (χ0) is 12.0. The summed E-state index contributed by atoms with van der Waals surface area (Å²) in [5.41, 5.74) is 0. The molecule has 1 atom stereocenters. The van der Waals surface area contributed by atoms with Crippen LogP contribution in [0.4, 0.5) is 0 Å². The summed E-state index contributed by atoms with van der Waals surface area (Å²) in [6.07, 6.45) is -0.560. The monoisotopic (exact) mass is 210 g/mol. The molecule has 0 rings (SSSR count). The van der Waals surface area contributed by atoms with Crippen molar-refractivity contribution in [1.29, 1.82) is 0 Å². The van der Waals surface area contributed by atoms with Gasteiger partial charge in [-0.3, -0.25) is 4.79 Å². The van der Waals surface area contributed by atoms with Crippen LogP contribution in [-0.2, 0) is 14.3 Å². The van der Waals surface area contributed by atoms with Crippen LogP contribution in [0.1, 0.15) is 20.8 Å². The largest absolute Gasteiger partial charge is 0.466 e. The molecule has 0 saturated carbocycles. The lowest BCUT2D eigenvalue weighted by Crippen LogP contribution is -2.03. The van der Waals surface area contributed by atoms with E-state index in [4.69, 9.17) is 10.2 Å². The number of aliphatic hydroxyl groups excluding tert-OH is 2. The molecule has 0 aliphatic carbocycles. The standard InChI is InChI=1S/C4H8O2.C3H8O2.C2H6O/c1-3-6-4(2)5;1-3(5)2-4;1-3-2/h3H2,1-2H3;3-5H,2H2,1H3;1-2H3. The first-order valence-corrected chi connectivity index (χ1v) is 4.28. The molecule has 0 bridgehead atoms. The van der Waals surface area contributed by atoms with E-state index in [-0.39, 0.29) is 12.6 Å². The molecule has 0 fully saturated rings. The Morgan fingerprint density at radius 1 is 1.43 bits per heavy atom. The number of aliphatic hydroxyl groups is 2. The lowest BCUT2D eigenvalue weighted by molar-refractivity contribution is -0.140. The minimum atomic E-state index is -0.560. The molecule has 0 aliphatic heterocycles. The third kappa shape index (κ3) is 64.3. The zero-order valence-electron chi connectivity index (χ0n) is 9.61. The zero-order valence-corrected chi connectivity index (χ0v) is 9.61. The van der Waals surface area contributed by atoms with Crippen LogP contribution < -0.4 is 0 Å². The third-order valence-electron chi connectivity index (χ3n) is 0.612. The highest BCUT2D eigenvalue weighted by Crippen LogP contribution is 1.69. The van der Waals surface area contributed by atoms with E-state index in [1.165, 1.54) is 13.8 Å². The maximum atomic E-state index is 9.82. The Morgan fingerprint density at radius 3 is 1.71 bits per heavy atom. The summed E-state index contributed by atoms with van der Waals surface area (Å²) in [6.45, 7) is 5.04. The van der Waals surface area contributed by atoms with Gasteiger partial charge in [0, 0.05) is 21.1 Å². The van der Waals surface area contributed by atoms with Crippen LogP contribution in [0.25, 0.3) is 0 Å². The Labute approximate surface area is 85.6 Å². The van der Waals surface area contributed by atoms with Crippen LogP contribution in [0, 0.1) is 0 Å². The van der Waals surface area contributed by atoms with Gasteiger partial charge in [0.25, 0.3) is 0 Å². The second-order valence-electron chi connectivity index (χ2n) is 2.36. The van der Waals surface area contributed by atoms with Crippen molar-refractivity contribution in [2.45, 2.75) is 26.9 Å². The van der Waals surface area contributed by atoms with Gasteiger partial charge in [0.05, 0.1) is 19.3 Å². The van der Waals surface area contributed by atoms with Gasteiger partial charge in [-0.05, 0) is 13.8 Å². The summed E-state index contributed by atoms with van der Waals surface area (Å²) in [7, 11) is 3.25. The van der Waals surface area contributed by atoms with E-state index >= 15 is 0 Å². The van der Waals surface area contributed by atoms with E-state index in [1.54, 1.807) is 21.1 Å². The highest BCUT2D eigenvalue weighted by Gasteiger charge is 1.83. The van der Waals surface area contributed by atoms with Crippen LogP contribution in [0.5, 0.6) is 0 Å². The van der Waals surface area contributed by atoms with Gasteiger partial charge < -0.3 is 19.7 Å². The highest BCUT2D eigenvalue weighted by molar-refractivity contribution is 5.65. The second-order valence-corrected chi connectivity index (χ2v) is 2.36. The molecular formula is C9H22O5. The van der Waals surface area contributed by atoms with Gasteiger partial charge in [0.1, 0.15) is 0 Å². The number of methoxy groups -OCH3 is 1. The van der Waals surface area contributed by atoms with Crippen molar-refractivity contribution in [3.63, 3.8) is 0 Å². The Balaban J connectivity index is -0.000000138.